The molecule has 5 heteroatoms. The third-order valence-corrected chi connectivity index (χ3v) is 6.12. The van der Waals surface area contributed by atoms with Gasteiger partial charge in [0.15, 0.2) is 0 Å². The van der Waals surface area contributed by atoms with Gasteiger partial charge in [-0.05, 0) is 74.7 Å². The lowest BCUT2D eigenvalue weighted by molar-refractivity contribution is -0.130. The van der Waals surface area contributed by atoms with Gasteiger partial charge in [0.2, 0.25) is 5.91 Å². The minimum Gasteiger partial charge on any atom is -0.469 e. The van der Waals surface area contributed by atoms with E-state index in [1.165, 1.54) is 44.8 Å². The predicted octanol–water partition coefficient (Wildman–Crippen LogP) is 2.96. The average Bonchev–Trinajstić information content (AvgIpc) is 2.89. The number of carbonyl (C=O) groups is 2. The summed E-state index contributed by atoms with van der Waals surface area (Å²) in [5.41, 5.74) is 5.75. The second-order valence-electron chi connectivity index (χ2n) is 7.99. The summed E-state index contributed by atoms with van der Waals surface area (Å²) in [4.78, 5) is 24.3. The highest BCUT2D eigenvalue weighted by molar-refractivity contribution is 5.96. The van der Waals surface area contributed by atoms with E-state index in [0.29, 0.717) is 17.7 Å². The molecule has 0 aliphatic heterocycles. The molecule has 4 saturated carbocycles. The molecule has 5 rings (SSSR count). The second-order valence-corrected chi connectivity index (χ2v) is 7.99. The molecule has 1 aromatic heterocycles. The van der Waals surface area contributed by atoms with Crippen LogP contribution in [0.25, 0.3) is 0 Å². The van der Waals surface area contributed by atoms with E-state index >= 15 is 0 Å². The molecule has 0 aromatic carbocycles. The van der Waals surface area contributed by atoms with Crippen molar-refractivity contribution < 1.29 is 14.0 Å². The van der Waals surface area contributed by atoms with Crippen LogP contribution < -0.4 is 10.9 Å². The van der Waals surface area contributed by atoms with Crippen molar-refractivity contribution in [1.82, 2.24) is 10.9 Å². The van der Waals surface area contributed by atoms with E-state index in [1.54, 1.807) is 13.0 Å². The van der Waals surface area contributed by atoms with Gasteiger partial charge in [0.25, 0.3) is 5.91 Å². The van der Waals surface area contributed by atoms with Crippen LogP contribution in [0.15, 0.2) is 16.7 Å². The second kappa shape index (κ2) is 5.39. The molecule has 0 saturated heterocycles. The SMILES string of the molecule is Cc1occc1C(=O)NNC(=O)CC12CC3CC(CC(C3)C1)C2. The van der Waals surface area contributed by atoms with Crippen molar-refractivity contribution in [3.8, 4) is 0 Å². The van der Waals surface area contributed by atoms with Crippen LogP contribution >= 0.6 is 0 Å². The van der Waals surface area contributed by atoms with Crippen LogP contribution in [0, 0.1) is 30.1 Å². The highest BCUT2D eigenvalue weighted by Gasteiger charge is 2.51. The van der Waals surface area contributed by atoms with E-state index in [9.17, 15) is 9.59 Å². The summed E-state index contributed by atoms with van der Waals surface area (Å²) in [5, 5.41) is 0. The van der Waals surface area contributed by atoms with Gasteiger partial charge in [0.1, 0.15) is 5.76 Å². The number of furan rings is 1. The lowest BCUT2D eigenvalue weighted by Gasteiger charge is -2.56. The summed E-state index contributed by atoms with van der Waals surface area (Å²) in [6, 6.07) is 1.61. The summed E-state index contributed by atoms with van der Waals surface area (Å²) in [6.45, 7) is 1.73. The van der Waals surface area contributed by atoms with Gasteiger partial charge in [0.05, 0.1) is 11.8 Å². The number of carbonyl (C=O) groups excluding carboxylic acids is 2. The molecule has 5 nitrogen and oxygen atoms in total. The van der Waals surface area contributed by atoms with Crippen molar-refractivity contribution in [3.63, 3.8) is 0 Å². The smallest absolute Gasteiger partial charge is 0.273 e. The van der Waals surface area contributed by atoms with Gasteiger partial charge < -0.3 is 4.42 Å². The van der Waals surface area contributed by atoms with Crippen LogP contribution in [0.2, 0.25) is 0 Å². The summed E-state index contributed by atoms with van der Waals surface area (Å²) >= 11 is 0. The Bertz CT molecular complexity index is 599. The quantitative estimate of drug-likeness (QED) is 0.842. The number of rotatable bonds is 3. The third kappa shape index (κ3) is 2.77. The van der Waals surface area contributed by atoms with Crippen molar-refractivity contribution in [2.45, 2.75) is 51.9 Å². The van der Waals surface area contributed by atoms with Crippen molar-refractivity contribution in [2.75, 3.05) is 0 Å². The normalized spacial score (nSPS) is 34.4. The molecule has 1 aromatic rings. The number of hydrogen-bond donors (Lipinski definition) is 2. The van der Waals surface area contributed by atoms with Gasteiger partial charge in [0, 0.05) is 6.42 Å². The van der Waals surface area contributed by atoms with Gasteiger partial charge in [-0.15, -0.1) is 0 Å². The van der Waals surface area contributed by atoms with E-state index < -0.39 is 0 Å². The fraction of sp³-hybridized carbons (Fsp3) is 0.667. The maximum absolute atomic E-state index is 12.3. The first-order valence-electron chi connectivity index (χ1n) is 8.66. The molecule has 0 unspecified atom stereocenters. The Hall–Kier alpha value is -1.78. The van der Waals surface area contributed by atoms with Crippen LogP contribution in [0.4, 0.5) is 0 Å². The van der Waals surface area contributed by atoms with Crippen molar-refractivity contribution >= 4 is 11.8 Å². The Morgan fingerprint density at radius 3 is 2.26 bits per heavy atom. The zero-order valence-electron chi connectivity index (χ0n) is 13.6. The number of nitrogens with one attached hydrogen (secondary N) is 2. The van der Waals surface area contributed by atoms with E-state index in [4.69, 9.17) is 4.42 Å². The van der Waals surface area contributed by atoms with Gasteiger partial charge in [-0.1, -0.05) is 0 Å². The minimum atomic E-state index is -0.324. The highest BCUT2D eigenvalue weighted by Crippen LogP contribution is 2.61. The summed E-state index contributed by atoms with van der Waals surface area (Å²) < 4.78 is 5.11. The molecule has 2 N–H and O–H groups in total. The van der Waals surface area contributed by atoms with E-state index in [-0.39, 0.29) is 17.2 Å². The highest BCUT2D eigenvalue weighted by atomic mass is 16.3. The molecule has 4 aliphatic rings. The average molecular weight is 316 g/mol. The lowest BCUT2D eigenvalue weighted by Crippen LogP contribution is -2.50. The maximum Gasteiger partial charge on any atom is 0.273 e. The number of amides is 2. The van der Waals surface area contributed by atoms with Crippen LogP contribution in [0.5, 0.6) is 0 Å². The molecule has 0 atom stereocenters. The van der Waals surface area contributed by atoms with E-state index in [2.05, 4.69) is 10.9 Å². The largest absolute Gasteiger partial charge is 0.469 e. The third-order valence-electron chi connectivity index (χ3n) is 6.12. The molecule has 0 radical (unpaired) electrons. The van der Waals surface area contributed by atoms with E-state index in [1.807, 2.05) is 0 Å². The fourth-order valence-electron chi connectivity index (χ4n) is 5.71. The first-order valence-corrected chi connectivity index (χ1v) is 8.66. The number of hydrazine groups is 1. The lowest BCUT2D eigenvalue weighted by atomic mass is 9.49. The topological polar surface area (TPSA) is 71.3 Å². The Kier molecular flexibility index (Phi) is 3.47. The Balaban J connectivity index is 1.34. The van der Waals surface area contributed by atoms with Crippen LogP contribution in [0.3, 0.4) is 0 Å². The van der Waals surface area contributed by atoms with E-state index in [0.717, 1.165) is 17.8 Å². The predicted molar refractivity (Wildman–Crippen MR) is 84.3 cm³/mol. The zero-order chi connectivity index (χ0) is 16.0. The molecule has 4 bridgehead atoms. The van der Waals surface area contributed by atoms with Gasteiger partial charge in [-0.2, -0.15) is 0 Å². The Morgan fingerprint density at radius 2 is 1.74 bits per heavy atom. The molecule has 4 aliphatic carbocycles. The van der Waals surface area contributed by atoms with Crippen molar-refractivity contribution in [3.05, 3.63) is 23.7 Å². The molecule has 1 heterocycles. The molecule has 4 fully saturated rings. The summed E-state index contributed by atoms with van der Waals surface area (Å²) in [5.74, 6) is 2.65. The summed E-state index contributed by atoms with van der Waals surface area (Å²) in [6.07, 6.45) is 9.72. The molecule has 2 amide bonds. The molecule has 0 spiro atoms. The number of aryl methyl sites for hydroxylation is 1. The maximum atomic E-state index is 12.3. The minimum absolute atomic E-state index is 0.0681. The van der Waals surface area contributed by atoms with Crippen LogP contribution in [-0.4, -0.2) is 11.8 Å². The fourth-order valence-corrected chi connectivity index (χ4v) is 5.71. The molecular weight excluding hydrogens is 292 g/mol. The monoisotopic (exact) mass is 316 g/mol. The summed E-state index contributed by atoms with van der Waals surface area (Å²) in [7, 11) is 0. The first-order chi connectivity index (χ1) is 11.0. The number of hydrogen-bond acceptors (Lipinski definition) is 3. The first kappa shape index (κ1) is 14.8. The Labute approximate surface area is 136 Å². The standard InChI is InChI=1S/C18H24N2O3/c1-11-15(2-3-23-11)17(22)20-19-16(21)10-18-7-12-4-13(8-18)6-14(5-12)9-18/h2-3,12-14H,4-10H2,1H3,(H,19,21)(H,20,22). The van der Waals surface area contributed by atoms with Crippen molar-refractivity contribution in [2.24, 2.45) is 23.2 Å². The molecular formula is C18H24N2O3. The van der Waals surface area contributed by atoms with Gasteiger partial charge in [-0.25, -0.2) is 0 Å². The zero-order valence-corrected chi connectivity index (χ0v) is 13.6. The Morgan fingerprint density at radius 1 is 1.13 bits per heavy atom. The molecule has 23 heavy (non-hydrogen) atoms. The van der Waals surface area contributed by atoms with Gasteiger partial charge >= 0.3 is 0 Å². The molecule has 124 valence electrons. The van der Waals surface area contributed by atoms with Crippen LogP contribution in [0.1, 0.15) is 61.1 Å². The van der Waals surface area contributed by atoms with Gasteiger partial charge in [-0.3, -0.25) is 20.4 Å². The van der Waals surface area contributed by atoms with Crippen LogP contribution in [-0.2, 0) is 4.79 Å². The van der Waals surface area contributed by atoms with Crippen molar-refractivity contribution in [1.29, 1.82) is 0 Å².